The Kier molecular flexibility index (Phi) is 6.19. The van der Waals surface area contributed by atoms with Gasteiger partial charge in [0.1, 0.15) is 5.73 Å². The van der Waals surface area contributed by atoms with E-state index >= 15 is 4.39 Å². The highest BCUT2D eigenvalue weighted by Gasteiger charge is 2.53. The Morgan fingerprint density at radius 1 is 1.04 bits per heavy atom. The molecule has 1 aliphatic rings. The minimum absolute atomic E-state index is 0.165. The minimum atomic E-state index is -1.22. The summed E-state index contributed by atoms with van der Waals surface area (Å²) in [5.41, 5.74) is -2.07. The summed E-state index contributed by atoms with van der Waals surface area (Å²) in [4.78, 5) is 0. The van der Waals surface area contributed by atoms with Crippen LogP contribution in [0.4, 0.5) is 13.2 Å². The first-order valence-electron chi connectivity index (χ1n) is 9.07. The van der Waals surface area contributed by atoms with Crippen molar-refractivity contribution in [2.24, 2.45) is 0 Å². The fourth-order valence-corrected chi connectivity index (χ4v) is 2.63. The van der Waals surface area contributed by atoms with E-state index in [4.69, 9.17) is 14.0 Å². The Morgan fingerprint density at radius 3 is 2.07 bits per heavy atom. The van der Waals surface area contributed by atoms with Gasteiger partial charge in [-0.3, -0.25) is 0 Å². The van der Waals surface area contributed by atoms with E-state index in [2.05, 4.69) is 0 Å². The molecule has 0 amide bonds. The van der Waals surface area contributed by atoms with Crippen molar-refractivity contribution in [2.45, 2.75) is 71.7 Å². The van der Waals surface area contributed by atoms with Crippen LogP contribution in [-0.4, -0.2) is 30.5 Å². The highest BCUT2D eigenvalue weighted by molar-refractivity contribution is 6.55. The van der Waals surface area contributed by atoms with Gasteiger partial charge in [0.05, 0.1) is 23.4 Å². The molecule has 1 aromatic carbocycles. The molecule has 0 N–H and O–H groups in total. The standard InChI is InChI=1S/C20H28BF3O3/c1-18(2,3)25-11-10-14(13-8-9-15(22)16(23)12-13)17(24)21-26-19(4,5)20(6,7)27-21/h8-9,12H,10-11H2,1-7H3. The molecule has 0 radical (unpaired) electrons. The molecule has 3 nitrogen and oxygen atoms in total. The summed E-state index contributed by atoms with van der Waals surface area (Å²) in [7, 11) is -1.22. The van der Waals surface area contributed by atoms with Crippen molar-refractivity contribution in [3.63, 3.8) is 0 Å². The summed E-state index contributed by atoms with van der Waals surface area (Å²) < 4.78 is 59.6. The molecule has 0 bridgehead atoms. The SMILES string of the molecule is CC(C)(C)OCCC(=C(F)B1OC(C)(C)C(C)(C)O1)c1ccc(F)c(F)c1. The normalized spacial score (nSPS) is 20.0. The summed E-state index contributed by atoms with van der Waals surface area (Å²) >= 11 is 0. The molecule has 0 saturated carbocycles. The highest BCUT2D eigenvalue weighted by Crippen LogP contribution is 2.40. The monoisotopic (exact) mass is 384 g/mol. The lowest BCUT2D eigenvalue weighted by Gasteiger charge is -2.32. The first-order valence-corrected chi connectivity index (χ1v) is 9.07. The van der Waals surface area contributed by atoms with Crippen LogP contribution in [0.5, 0.6) is 0 Å². The van der Waals surface area contributed by atoms with E-state index in [0.29, 0.717) is 0 Å². The molecule has 27 heavy (non-hydrogen) atoms. The maximum atomic E-state index is 15.4. The molecule has 1 aromatic rings. The highest BCUT2D eigenvalue weighted by atomic mass is 19.2. The molecule has 1 fully saturated rings. The molecule has 150 valence electrons. The van der Waals surface area contributed by atoms with Crippen LogP contribution in [-0.2, 0) is 14.0 Å². The van der Waals surface area contributed by atoms with Gasteiger partial charge in [-0.05, 0) is 78.2 Å². The lowest BCUT2D eigenvalue weighted by atomic mass is 9.82. The summed E-state index contributed by atoms with van der Waals surface area (Å²) in [6.07, 6.45) is 0.165. The van der Waals surface area contributed by atoms with Crippen LogP contribution in [0, 0.1) is 11.6 Å². The molecular formula is C20H28BF3O3. The Morgan fingerprint density at radius 2 is 1.59 bits per heavy atom. The van der Waals surface area contributed by atoms with Gasteiger partial charge >= 0.3 is 7.12 Å². The molecule has 1 aliphatic heterocycles. The number of ether oxygens (including phenoxy) is 1. The average molecular weight is 384 g/mol. The van der Waals surface area contributed by atoms with Crippen molar-refractivity contribution < 1.29 is 27.2 Å². The van der Waals surface area contributed by atoms with E-state index in [-0.39, 0.29) is 24.2 Å². The van der Waals surface area contributed by atoms with Crippen molar-refractivity contribution in [3.05, 3.63) is 41.1 Å². The van der Waals surface area contributed by atoms with Gasteiger partial charge in [-0.1, -0.05) is 6.07 Å². The van der Waals surface area contributed by atoms with Crippen LogP contribution in [0.15, 0.2) is 23.9 Å². The van der Waals surface area contributed by atoms with Gasteiger partial charge in [0.2, 0.25) is 0 Å². The van der Waals surface area contributed by atoms with Crippen molar-refractivity contribution in [1.29, 1.82) is 0 Å². The zero-order valence-electron chi connectivity index (χ0n) is 17.1. The zero-order chi connectivity index (χ0) is 20.6. The lowest BCUT2D eigenvalue weighted by molar-refractivity contribution is 0.000561. The first kappa shape index (κ1) is 22.0. The molecular weight excluding hydrogens is 356 g/mol. The number of halogens is 3. The van der Waals surface area contributed by atoms with Gasteiger partial charge in [0.25, 0.3) is 0 Å². The fourth-order valence-electron chi connectivity index (χ4n) is 2.63. The predicted molar refractivity (Wildman–Crippen MR) is 101 cm³/mol. The van der Waals surface area contributed by atoms with E-state index in [9.17, 15) is 8.78 Å². The molecule has 1 heterocycles. The largest absolute Gasteiger partial charge is 0.525 e. The van der Waals surface area contributed by atoms with Crippen molar-refractivity contribution in [1.82, 2.24) is 0 Å². The van der Waals surface area contributed by atoms with Crippen LogP contribution in [0.2, 0.25) is 0 Å². The van der Waals surface area contributed by atoms with Crippen LogP contribution < -0.4 is 0 Å². The average Bonchev–Trinajstić information content (AvgIpc) is 2.73. The quantitative estimate of drug-likeness (QED) is 0.629. The van der Waals surface area contributed by atoms with Crippen molar-refractivity contribution in [2.75, 3.05) is 6.61 Å². The van der Waals surface area contributed by atoms with Gasteiger partial charge in [0.15, 0.2) is 11.6 Å². The van der Waals surface area contributed by atoms with E-state index in [1.54, 1.807) is 0 Å². The second kappa shape index (κ2) is 7.61. The molecule has 7 heteroatoms. The Balaban J connectivity index is 2.38. The first-order chi connectivity index (χ1) is 12.2. The summed E-state index contributed by atoms with van der Waals surface area (Å²) in [6, 6.07) is 3.30. The third kappa shape index (κ3) is 5.15. The lowest BCUT2D eigenvalue weighted by Crippen LogP contribution is -2.41. The maximum absolute atomic E-state index is 15.4. The number of rotatable bonds is 5. The van der Waals surface area contributed by atoms with Gasteiger partial charge in [-0.15, -0.1) is 0 Å². The van der Waals surface area contributed by atoms with Gasteiger partial charge in [-0.2, -0.15) is 0 Å². The van der Waals surface area contributed by atoms with E-state index in [0.717, 1.165) is 12.1 Å². The smallest absolute Gasteiger partial charge is 0.398 e. The topological polar surface area (TPSA) is 27.7 Å². The second-order valence-electron chi connectivity index (χ2n) is 8.75. The molecule has 1 saturated heterocycles. The number of hydrogen-bond acceptors (Lipinski definition) is 3. The van der Waals surface area contributed by atoms with Crippen LogP contribution in [0.3, 0.4) is 0 Å². The fraction of sp³-hybridized carbons (Fsp3) is 0.600. The summed E-state index contributed by atoms with van der Waals surface area (Å²) in [5.74, 6) is -2.02. The molecule has 2 rings (SSSR count). The Hall–Kier alpha value is -1.31. The van der Waals surface area contributed by atoms with Gasteiger partial charge in [-0.25, -0.2) is 13.2 Å². The number of benzene rings is 1. The van der Waals surface area contributed by atoms with Crippen LogP contribution in [0.25, 0.3) is 5.57 Å². The van der Waals surface area contributed by atoms with E-state index in [1.807, 2.05) is 48.5 Å². The molecule has 0 unspecified atom stereocenters. The third-order valence-electron chi connectivity index (χ3n) is 4.90. The van der Waals surface area contributed by atoms with Gasteiger partial charge < -0.3 is 14.0 Å². The Labute approximate surface area is 160 Å². The van der Waals surface area contributed by atoms with Crippen LogP contribution >= 0.6 is 0 Å². The molecule has 0 aliphatic carbocycles. The van der Waals surface area contributed by atoms with E-state index in [1.165, 1.54) is 6.07 Å². The van der Waals surface area contributed by atoms with Gasteiger partial charge in [0, 0.05) is 0 Å². The van der Waals surface area contributed by atoms with Crippen molar-refractivity contribution in [3.8, 4) is 0 Å². The molecule has 0 spiro atoms. The number of hydrogen-bond donors (Lipinski definition) is 0. The third-order valence-corrected chi connectivity index (χ3v) is 4.90. The maximum Gasteiger partial charge on any atom is 0.525 e. The Bertz CT molecular complexity index is 708. The van der Waals surface area contributed by atoms with E-state index < -0.39 is 41.3 Å². The summed E-state index contributed by atoms with van der Waals surface area (Å²) in [5, 5.41) is 0. The second-order valence-corrected chi connectivity index (χ2v) is 8.75. The van der Waals surface area contributed by atoms with Crippen LogP contribution in [0.1, 0.15) is 60.5 Å². The summed E-state index contributed by atoms with van der Waals surface area (Å²) in [6.45, 7) is 13.2. The minimum Gasteiger partial charge on any atom is -0.398 e. The zero-order valence-corrected chi connectivity index (χ0v) is 17.1. The molecule has 0 aromatic heterocycles. The predicted octanol–water partition coefficient (Wildman–Crippen LogP) is 5.48. The van der Waals surface area contributed by atoms with Crippen molar-refractivity contribution >= 4 is 12.7 Å². The molecule has 0 atom stereocenters.